The third kappa shape index (κ3) is 4.82. The number of hydrogen-bond acceptors (Lipinski definition) is 4. The minimum Gasteiger partial charge on any atom is -0.465 e. The summed E-state index contributed by atoms with van der Waals surface area (Å²) in [6.45, 7) is 3.68. The number of nitrogens with zero attached hydrogens (tertiary/aromatic N) is 2. The highest BCUT2D eigenvalue weighted by molar-refractivity contribution is 5.88. The summed E-state index contributed by atoms with van der Waals surface area (Å²) in [7, 11) is 0. The molecule has 1 aromatic heterocycles. The zero-order valence-electron chi connectivity index (χ0n) is 14.4. The minimum absolute atomic E-state index is 0.0723. The van der Waals surface area contributed by atoms with Crippen LogP contribution in [-0.4, -0.2) is 46.0 Å². The number of rotatable bonds is 8. The number of aromatic nitrogens is 2. The van der Waals surface area contributed by atoms with E-state index in [0.717, 1.165) is 11.4 Å². The van der Waals surface area contributed by atoms with Gasteiger partial charge in [-0.15, -0.1) is 0 Å². The highest BCUT2D eigenvalue weighted by Crippen LogP contribution is 2.26. The van der Waals surface area contributed by atoms with Gasteiger partial charge in [0.1, 0.15) is 0 Å². The lowest BCUT2D eigenvalue weighted by Crippen LogP contribution is -2.31. The number of carbonyl (C=O) groups is 2. The summed E-state index contributed by atoms with van der Waals surface area (Å²) in [6.07, 6.45) is 5.55. The van der Waals surface area contributed by atoms with E-state index in [1.807, 2.05) is 10.8 Å². The Morgan fingerprint density at radius 3 is 2.96 bits per heavy atom. The van der Waals surface area contributed by atoms with Crippen molar-refractivity contribution in [2.24, 2.45) is 0 Å². The first kappa shape index (κ1) is 17.5. The quantitative estimate of drug-likeness (QED) is 0.527. The van der Waals surface area contributed by atoms with E-state index < -0.39 is 6.09 Å². The van der Waals surface area contributed by atoms with Crippen LogP contribution in [0.4, 0.5) is 4.79 Å². The third-order valence-corrected chi connectivity index (χ3v) is 4.52. The van der Waals surface area contributed by atoms with Crippen molar-refractivity contribution in [3.8, 4) is 0 Å². The predicted octanol–water partition coefficient (Wildman–Crippen LogP) is 1.12. The molecule has 2 heterocycles. The Morgan fingerprint density at radius 1 is 1.52 bits per heavy atom. The molecule has 1 aliphatic heterocycles. The van der Waals surface area contributed by atoms with E-state index >= 15 is 0 Å². The van der Waals surface area contributed by atoms with Crippen molar-refractivity contribution < 1.29 is 14.7 Å². The van der Waals surface area contributed by atoms with E-state index in [1.165, 1.54) is 12.8 Å². The molecule has 0 bridgehead atoms. The zero-order chi connectivity index (χ0) is 17.8. The summed E-state index contributed by atoms with van der Waals surface area (Å²) in [6, 6.07) is 2.86. The largest absolute Gasteiger partial charge is 0.465 e. The van der Waals surface area contributed by atoms with Gasteiger partial charge in [0, 0.05) is 43.3 Å². The monoisotopic (exact) mass is 347 g/mol. The lowest BCUT2D eigenvalue weighted by atomic mass is 10.0. The molecule has 0 spiro atoms. The number of nitrogens with one attached hydrogen (secondary N) is 3. The fourth-order valence-electron chi connectivity index (χ4n) is 3.00. The van der Waals surface area contributed by atoms with Crippen LogP contribution in [0.25, 0.3) is 0 Å². The number of carboxylic acid groups (broad SMARTS) is 1. The average Bonchev–Trinajstić information content (AvgIpc) is 3.29. The minimum atomic E-state index is -1.01. The van der Waals surface area contributed by atoms with Crippen LogP contribution >= 0.6 is 0 Å². The maximum atomic E-state index is 11.3. The average molecular weight is 347 g/mol. The molecular weight excluding hydrogens is 322 g/mol. The molecule has 25 heavy (non-hydrogen) atoms. The van der Waals surface area contributed by atoms with Gasteiger partial charge in [0.05, 0.1) is 5.69 Å². The van der Waals surface area contributed by atoms with Crippen molar-refractivity contribution >= 4 is 12.0 Å². The van der Waals surface area contributed by atoms with Crippen LogP contribution in [0.1, 0.15) is 49.5 Å². The fraction of sp³-hybridized carbons (Fsp3) is 0.588. The number of hydrogen-bond donors (Lipinski definition) is 4. The molecule has 8 nitrogen and oxygen atoms in total. The summed E-state index contributed by atoms with van der Waals surface area (Å²) in [4.78, 5) is 21.9. The summed E-state index contributed by atoms with van der Waals surface area (Å²) >= 11 is 0. The smallest absolute Gasteiger partial charge is 0.404 e. The van der Waals surface area contributed by atoms with E-state index in [0.29, 0.717) is 32.1 Å². The SMILES string of the molecule is C[C@@H](NC1CC1)c1cc(C2C=CC(=O)NC2)n(CCCNC(=O)O)n1. The molecule has 136 valence electrons. The van der Waals surface area contributed by atoms with Gasteiger partial charge in [-0.2, -0.15) is 5.10 Å². The molecule has 8 heteroatoms. The molecule has 1 aromatic rings. The second-order valence-electron chi connectivity index (χ2n) is 6.68. The second kappa shape index (κ2) is 7.69. The van der Waals surface area contributed by atoms with Gasteiger partial charge in [-0.25, -0.2) is 4.79 Å². The van der Waals surface area contributed by atoms with E-state index in [2.05, 4.69) is 28.9 Å². The van der Waals surface area contributed by atoms with E-state index in [4.69, 9.17) is 10.2 Å². The maximum Gasteiger partial charge on any atom is 0.404 e. The van der Waals surface area contributed by atoms with Crippen LogP contribution in [0, 0.1) is 0 Å². The van der Waals surface area contributed by atoms with E-state index in [1.54, 1.807) is 6.08 Å². The Bertz CT molecular complexity index is 665. The molecule has 1 fully saturated rings. The standard InChI is InChI=1S/C17H25N5O3/c1-11(20-13-4-5-13)14-9-15(12-3-6-16(23)19-10-12)22(21-14)8-2-7-18-17(24)25/h3,6,9,11-13,18,20H,2,4-5,7-8,10H2,1H3,(H,19,23)(H,24,25)/t11-,12?/m1/s1. The van der Waals surface area contributed by atoms with E-state index in [-0.39, 0.29) is 17.9 Å². The Labute approximate surface area is 146 Å². The van der Waals surface area contributed by atoms with Gasteiger partial charge in [0.25, 0.3) is 0 Å². The van der Waals surface area contributed by atoms with Crippen molar-refractivity contribution in [2.75, 3.05) is 13.1 Å². The second-order valence-corrected chi connectivity index (χ2v) is 6.68. The summed E-state index contributed by atoms with van der Waals surface area (Å²) in [5.41, 5.74) is 2.03. The van der Waals surface area contributed by atoms with Crippen LogP contribution < -0.4 is 16.0 Å². The first-order valence-electron chi connectivity index (χ1n) is 8.79. The highest BCUT2D eigenvalue weighted by Gasteiger charge is 2.26. The number of carbonyl (C=O) groups excluding carboxylic acids is 1. The molecule has 4 N–H and O–H groups in total. The van der Waals surface area contributed by atoms with Gasteiger partial charge in [0.15, 0.2) is 0 Å². The van der Waals surface area contributed by atoms with Gasteiger partial charge < -0.3 is 21.1 Å². The molecule has 1 unspecified atom stereocenters. The summed E-state index contributed by atoms with van der Waals surface area (Å²) in [5, 5.41) is 22.2. The zero-order valence-corrected chi connectivity index (χ0v) is 14.4. The van der Waals surface area contributed by atoms with E-state index in [9.17, 15) is 9.59 Å². The van der Waals surface area contributed by atoms with Crippen molar-refractivity contribution in [3.63, 3.8) is 0 Å². The number of aryl methyl sites for hydroxylation is 1. The van der Waals surface area contributed by atoms with Crippen LogP contribution in [-0.2, 0) is 11.3 Å². The molecule has 1 aliphatic carbocycles. The predicted molar refractivity (Wildman–Crippen MR) is 92.3 cm³/mol. The first-order chi connectivity index (χ1) is 12.0. The molecular formula is C17H25N5O3. The van der Waals surface area contributed by atoms with Crippen LogP contribution in [0.15, 0.2) is 18.2 Å². The highest BCUT2D eigenvalue weighted by atomic mass is 16.4. The Balaban J connectivity index is 1.72. The lowest BCUT2D eigenvalue weighted by Gasteiger charge is -2.18. The summed E-state index contributed by atoms with van der Waals surface area (Å²) in [5.74, 6) is 0.0106. The molecule has 0 saturated heterocycles. The summed E-state index contributed by atoms with van der Waals surface area (Å²) < 4.78 is 1.94. The first-order valence-corrected chi connectivity index (χ1v) is 8.79. The molecule has 1 saturated carbocycles. The van der Waals surface area contributed by atoms with Gasteiger partial charge in [0.2, 0.25) is 5.91 Å². The molecule has 2 aliphatic rings. The molecule has 0 aromatic carbocycles. The van der Waals surface area contributed by atoms with Crippen LogP contribution in [0.2, 0.25) is 0 Å². The Morgan fingerprint density at radius 2 is 2.32 bits per heavy atom. The maximum absolute atomic E-state index is 11.3. The fourth-order valence-corrected chi connectivity index (χ4v) is 3.00. The topological polar surface area (TPSA) is 108 Å². The lowest BCUT2D eigenvalue weighted by molar-refractivity contribution is -0.116. The van der Waals surface area contributed by atoms with Crippen molar-refractivity contribution in [2.45, 2.75) is 50.7 Å². The normalized spacial score (nSPS) is 21.0. The number of amides is 2. The van der Waals surface area contributed by atoms with Crippen molar-refractivity contribution in [1.82, 2.24) is 25.7 Å². The van der Waals surface area contributed by atoms with Crippen LogP contribution in [0.5, 0.6) is 0 Å². The molecule has 3 rings (SSSR count). The van der Waals surface area contributed by atoms with Crippen molar-refractivity contribution in [3.05, 3.63) is 29.6 Å². The Hall–Kier alpha value is -2.35. The van der Waals surface area contributed by atoms with Gasteiger partial charge >= 0.3 is 6.09 Å². The molecule has 2 atom stereocenters. The van der Waals surface area contributed by atoms with Crippen LogP contribution in [0.3, 0.4) is 0 Å². The van der Waals surface area contributed by atoms with Gasteiger partial charge in [-0.3, -0.25) is 9.48 Å². The van der Waals surface area contributed by atoms with Gasteiger partial charge in [-0.05, 0) is 38.3 Å². The van der Waals surface area contributed by atoms with Crippen molar-refractivity contribution in [1.29, 1.82) is 0 Å². The third-order valence-electron chi connectivity index (χ3n) is 4.52. The molecule has 0 radical (unpaired) electrons. The Kier molecular flexibility index (Phi) is 5.37. The van der Waals surface area contributed by atoms with Gasteiger partial charge in [-0.1, -0.05) is 6.08 Å². The molecule has 2 amide bonds.